The summed E-state index contributed by atoms with van der Waals surface area (Å²) in [6.45, 7) is 0.418. The van der Waals surface area contributed by atoms with Crippen molar-refractivity contribution in [1.29, 1.82) is 0 Å². The van der Waals surface area contributed by atoms with Gasteiger partial charge in [-0.05, 0) is 36.4 Å². The first-order valence-electron chi connectivity index (χ1n) is 7.32. The van der Waals surface area contributed by atoms with Gasteiger partial charge in [-0.25, -0.2) is 9.37 Å². The van der Waals surface area contributed by atoms with E-state index >= 15 is 0 Å². The summed E-state index contributed by atoms with van der Waals surface area (Å²) in [7, 11) is 1.63. The van der Waals surface area contributed by atoms with E-state index in [9.17, 15) is 4.39 Å². The van der Waals surface area contributed by atoms with E-state index in [4.69, 9.17) is 9.47 Å². The van der Waals surface area contributed by atoms with E-state index in [1.165, 1.54) is 17.8 Å². The van der Waals surface area contributed by atoms with Crippen molar-refractivity contribution in [2.45, 2.75) is 17.3 Å². The molecule has 1 aromatic heterocycles. The number of nitrogens with zero attached hydrogens (tertiary/aromatic N) is 1. The first kappa shape index (κ1) is 16.8. The van der Waals surface area contributed by atoms with E-state index < -0.39 is 0 Å². The Labute approximate surface area is 148 Å². The van der Waals surface area contributed by atoms with Crippen molar-refractivity contribution in [2.75, 3.05) is 7.11 Å². The zero-order valence-electron chi connectivity index (χ0n) is 13.1. The van der Waals surface area contributed by atoms with Gasteiger partial charge < -0.3 is 9.47 Å². The number of thioether (sulfide) groups is 1. The summed E-state index contributed by atoms with van der Waals surface area (Å²) in [4.78, 5) is 5.17. The SMILES string of the molecule is COc1ccc(OCc2nc(CSc3ccccc3F)cs2)cc1. The van der Waals surface area contributed by atoms with Crippen LogP contribution in [0.5, 0.6) is 11.5 Å². The fraction of sp³-hybridized carbons (Fsp3) is 0.167. The normalized spacial score (nSPS) is 10.6. The Balaban J connectivity index is 1.52. The molecule has 0 amide bonds. The highest BCUT2D eigenvalue weighted by molar-refractivity contribution is 7.98. The molecule has 3 nitrogen and oxygen atoms in total. The molecule has 0 N–H and O–H groups in total. The molecule has 6 heteroatoms. The molecule has 0 fully saturated rings. The number of aromatic nitrogens is 1. The molecule has 0 aliphatic carbocycles. The highest BCUT2D eigenvalue weighted by Crippen LogP contribution is 2.26. The van der Waals surface area contributed by atoms with E-state index in [2.05, 4.69) is 4.98 Å². The molecule has 3 rings (SSSR count). The summed E-state index contributed by atoms with van der Waals surface area (Å²) in [5.41, 5.74) is 0.932. The monoisotopic (exact) mass is 361 g/mol. The largest absolute Gasteiger partial charge is 0.497 e. The molecule has 0 spiro atoms. The standard InChI is InChI=1S/C18H16FNO2S2/c1-21-14-6-8-15(9-7-14)22-10-18-20-13(12-24-18)11-23-17-5-3-2-4-16(17)19/h2-9,12H,10-11H2,1H3. The Morgan fingerprint density at radius 2 is 1.83 bits per heavy atom. The second-order valence-corrected chi connectivity index (χ2v) is 6.88. The van der Waals surface area contributed by atoms with Gasteiger partial charge in [0, 0.05) is 16.0 Å². The van der Waals surface area contributed by atoms with E-state index in [-0.39, 0.29) is 5.82 Å². The molecule has 0 aliphatic heterocycles. The van der Waals surface area contributed by atoms with Crippen LogP contribution < -0.4 is 9.47 Å². The Morgan fingerprint density at radius 1 is 1.08 bits per heavy atom. The highest BCUT2D eigenvalue weighted by Gasteiger charge is 2.06. The van der Waals surface area contributed by atoms with E-state index in [1.807, 2.05) is 35.7 Å². The molecular formula is C18H16FNO2S2. The Morgan fingerprint density at radius 3 is 2.58 bits per heavy atom. The third kappa shape index (κ3) is 4.49. The fourth-order valence-electron chi connectivity index (χ4n) is 2.01. The van der Waals surface area contributed by atoms with Crippen LogP contribution >= 0.6 is 23.1 Å². The van der Waals surface area contributed by atoms with Crippen LogP contribution in [0.15, 0.2) is 58.8 Å². The van der Waals surface area contributed by atoms with Crippen molar-refractivity contribution in [3.05, 3.63) is 70.4 Å². The molecule has 1 heterocycles. The van der Waals surface area contributed by atoms with Gasteiger partial charge in [-0.3, -0.25) is 0 Å². The second kappa shape index (κ2) is 8.17. The Bertz CT molecular complexity index is 790. The number of methoxy groups -OCH3 is 1. The molecule has 0 atom stereocenters. The molecule has 0 radical (unpaired) electrons. The number of halogens is 1. The predicted molar refractivity (Wildman–Crippen MR) is 95.4 cm³/mol. The first-order chi connectivity index (χ1) is 11.7. The lowest BCUT2D eigenvalue weighted by Gasteiger charge is -2.05. The maximum absolute atomic E-state index is 13.6. The minimum absolute atomic E-state index is 0.194. The van der Waals surface area contributed by atoms with Gasteiger partial charge in [-0.2, -0.15) is 0 Å². The second-order valence-electron chi connectivity index (χ2n) is 4.92. The van der Waals surface area contributed by atoms with Crippen LogP contribution in [0.2, 0.25) is 0 Å². The zero-order valence-corrected chi connectivity index (χ0v) is 14.7. The number of benzene rings is 2. The lowest BCUT2D eigenvalue weighted by atomic mass is 10.3. The van der Waals surface area contributed by atoms with Gasteiger partial charge in [0.15, 0.2) is 0 Å². The smallest absolute Gasteiger partial charge is 0.140 e. The number of rotatable bonds is 7. The van der Waals surface area contributed by atoms with Gasteiger partial charge in [0.1, 0.15) is 28.9 Å². The number of thiazole rings is 1. The quantitative estimate of drug-likeness (QED) is 0.544. The zero-order chi connectivity index (χ0) is 16.8. The van der Waals surface area contributed by atoms with Crippen molar-refractivity contribution in [2.24, 2.45) is 0 Å². The van der Waals surface area contributed by atoms with Gasteiger partial charge in [-0.15, -0.1) is 23.1 Å². The molecule has 24 heavy (non-hydrogen) atoms. The highest BCUT2D eigenvalue weighted by atomic mass is 32.2. The van der Waals surface area contributed by atoms with E-state index in [1.54, 1.807) is 30.6 Å². The average molecular weight is 361 g/mol. The molecular weight excluding hydrogens is 345 g/mol. The van der Waals surface area contributed by atoms with Crippen LogP contribution in [-0.2, 0) is 12.4 Å². The van der Waals surface area contributed by atoms with Gasteiger partial charge in [0.2, 0.25) is 0 Å². The lowest BCUT2D eigenvalue weighted by Crippen LogP contribution is -1.95. The lowest BCUT2D eigenvalue weighted by molar-refractivity contribution is 0.304. The maximum atomic E-state index is 13.6. The molecule has 2 aromatic carbocycles. The summed E-state index contributed by atoms with van der Waals surface area (Å²) in [5, 5.41) is 2.88. The van der Waals surface area contributed by atoms with Crippen molar-refractivity contribution in [3.63, 3.8) is 0 Å². The van der Waals surface area contributed by atoms with Crippen LogP contribution in [-0.4, -0.2) is 12.1 Å². The molecule has 3 aromatic rings. The molecule has 124 valence electrons. The van der Waals surface area contributed by atoms with Crippen LogP contribution in [0.25, 0.3) is 0 Å². The third-order valence-corrected chi connectivity index (χ3v) is 5.19. The van der Waals surface area contributed by atoms with Crippen LogP contribution in [0.1, 0.15) is 10.7 Å². The number of hydrogen-bond donors (Lipinski definition) is 0. The van der Waals surface area contributed by atoms with E-state index in [0.717, 1.165) is 22.2 Å². The van der Waals surface area contributed by atoms with Crippen molar-refractivity contribution in [1.82, 2.24) is 4.98 Å². The topological polar surface area (TPSA) is 31.4 Å². The molecule has 0 bridgehead atoms. The van der Waals surface area contributed by atoms with Crippen molar-refractivity contribution in [3.8, 4) is 11.5 Å². The van der Waals surface area contributed by atoms with Crippen LogP contribution in [0.3, 0.4) is 0 Å². The van der Waals surface area contributed by atoms with Crippen LogP contribution in [0, 0.1) is 5.82 Å². The van der Waals surface area contributed by atoms with E-state index in [0.29, 0.717) is 17.3 Å². The first-order valence-corrected chi connectivity index (χ1v) is 9.18. The minimum atomic E-state index is -0.194. The summed E-state index contributed by atoms with van der Waals surface area (Å²) >= 11 is 2.99. The Hall–Kier alpha value is -2.05. The predicted octanol–water partition coefficient (Wildman–Crippen LogP) is 5.16. The number of ether oxygens (including phenoxy) is 2. The van der Waals surface area contributed by atoms with Crippen molar-refractivity contribution < 1.29 is 13.9 Å². The molecule has 0 saturated heterocycles. The molecule has 0 saturated carbocycles. The average Bonchev–Trinajstić information content (AvgIpc) is 3.08. The summed E-state index contributed by atoms with van der Waals surface area (Å²) in [6.07, 6.45) is 0. The van der Waals surface area contributed by atoms with Gasteiger partial charge in [0.05, 0.1) is 12.8 Å². The van der Waals surface area contributed by atoms with Crippen molar-refractivity contribution >= 4 is 23.1 Å². The minimum Gasteiger partial charge on any atom is -0.497 e. The summed E-state index contributed by atoms with van der Waals surface area (Å²) < 4.78 is 24.4. The van der Waals surface area contributed by atoms with Gasteiger partial charge >= 0.3 is 0 Å². The van der Waals surface area contributed by atoms with Gasteiger partial charge in [-0.1, -0.05) is 12.1 Å². The molecule has 0 aliphatic rings. The Kier molecular flexibility index (Phi) is 5.72. The summed E-state index contributed by atoms with van der Waals surface area (Å²) in [6, 6.07) is 14.2. The van der Waals surface area contributed by atoms with Crippen LogP contribution in [0.4, 0.5) is 4.39 Å². The third-order valence-electron chi connectivity index (χ3n) is 3.23. The molecule has 0 unspecified atom stereocenters. The van der Waals surface area contributed by atoms with Gasteiger partial charge in [0.25, 0.3) is 0 Å². The number of hydrogen-bond acceptors (Lipinski definition) is 5. The fourth-order valence-corrected chi connectivity index (χ4v) is 3.65. The summed E-state index contributed by atoms with van der Waals surface area (Å²) in [5.74, 6) is 2.01. The maximum Gasteiger partial charge on any atom is 0.140 e.